The third-order valence-electron chi connectivity index (χ3n) is 4.71. The molecule has 1 atom stereocenters. The van der Waals surface area contributed by atoms with Crippen LogP contribution in [0.3, 0.4) is 0 Å². The van der Waals surface area contributed by atoms with Gasteiger partial charge in [-0.25, -0.2) is 8.42 Å². The van der Waals surface area contributed by atoms with Gasteiger partial charge in [0.05, 0.1) is 22.2 Å². The second kappa shape index (κ2) is 4.99. The number of halogens is 1. The Hall–Kier alpha value is -1.07. The molecule has 0 radical (unpaired) electrons. The average molecular weight is 328 g/mol. The maximum Gasteiger partial charge on any atom is 0.228 e. The molecule has 6 heteroatoms. The van der Waals surface area contributed by atoms with Crippen LogP contribution in [0.15, 0.2) is 18.2 Å². The SMILES string of the molecule is Cc1ccc(NC(=O)[C@@H]2CC23CCS(=O)(=O)CC3)c(Cl)c1. The van der Waals surface area contributed by atoms with Crippen molar-refractivity contribution in [3.05, 3.63) is 28.8 Å². The summed E-state index contributed by atoms with van der Waals surface area (Å²) < 4.78 is 23.0. The molecule has 4 nitrogen and oxygen atoms in total. The summed E-state index contributed by atoms with van der Waals surface area (Å²) in [6.07, 6.45) is 2.00. The lowest BCUT2D eigenvalue weighted by Gasteiger charge is -2.22. The van der Waals surface area contributed by atoms with E-state index >= 15 is 0 Å². The van der Waals surface area contributed by atoms with Crippen molar-refractivity contribution in [3.8, 4) is 0 Å². The van der Waals surface area contributed by atoms with Gasteiger partial charge in [0.2, 0.25) is 5.91 Å². The number of rotatable bonds is 2. The molecule has 1 saturated carbocycles. The molecule has 3 rings (SSSR count). The van der Waals surface area contributed by atoms with Gasteiger partial charge in [-0.3, -0.25) is 4.79 Å². The van der Waals surface area contributed by atoms with Crippen molar-refractivity contribution in [1.29, 1.82) is 0 Å². The Bertz CT molecular complexity index is 685. The van der Waals surface area contributed by atoms with Crippen molar-refractivity contribution in [1.82, 2.24) is 0 Å². The highest BCUT2D eigenvalue weighted by Crippen LogP contribution is 2.60. The minimum atomic E-state index is -2.89. The molecule has 1 heterocycles. The fraction of sp³-hybridized carbons (Fsp3) is 0.533. The van der Waals surface area contributed by atoms with Crippen molar-refractivity contribution in [2.24, 2.45) is 11.3 Å². The number of hydrogen-bond donors (Lipinski definition) is 1. The first-order chi connectivity index (χ1) is 9.81. The summed E-state index contributed by atoms with van der Waals surface area (Å²) in [5.74, 6) is 0.301. The van der Waals surface area contributed by atoms with Crippen LogP contribution >= 0.6 is 11.6 Å². The van der Waals surface area contributed by atoms with Crippen molar-refractivity contribution < 1.29 is 13.2 Å². The van der Waals surface area contributed by atoms with Crippen LogP contribution in [0.5, 0.6) is 0 Å². The summed E-state index contributed by atoms with van der Waals surface area (Å²) in [6.45, 7) is 1.94. The van der Waals surface area contributed by atoms with Crippen LogP contribution in [-0.2, 0) is 14.6 Å². The van der Waals surface area contributed by atoms with Gasteiger partial charge in [-0.15, -0.1) is 0 Å². The lowest BCUT2D eigenvalue weighted by atomic mass is 9.96. The Balaban J connectivity index is 1.66. The number of nitrogens with one attached hydrogen (secondary N) is 1. The highest BCUT2D eigenvalue weighted by molar-refractivity contribution is 7.91. The van der Waals surface area contributed by atoms with Crippen LogP contribution in [0.25, 0.3) is 0 Å². The molecule has 1 saturated heterocycles. The first-order valence-corrected chi connectivity index (χ1v) is 9.29. The Morgan fingerprint density at radius 3 is 2.62 bits per heavy atom. The molecule has 1 aromatic carbocycles. The van der Waals surface area contributed by atoms with E-state index in [1.165, 1.54) is 0 Å². The number of carbonyl (C=O) groups is 1. The lowest BCUT2D eigenvalue weighted by Crippen LogP contribution is -2.28. The number of benzene rings is 1. The molecule has 1 amide bonds. The largest absolute Gasteiger partial charge is 0.325 e. The van der Waals surface area contributed by atoms with Gasteiger partial charge in [0.25, 0.3) is 0 Å². The van der Waals surface area contributed by atoms with E-state index in [-0.39, 0.29) is 28.7 Å². The van der Waals surface area contributed by atoms with Crippen LogP contribution < -0.4 is 5.32 Å². The Kier molecular flexibility index (Phi) is 3.53. The van der Waals surface area contributed by atoms with E-state index in [1.54, 1.807) is 6.07 Å². The molecule has 1 spiro atoms. The summed E-state index contributed by atoms with van der Waals surface area (Å²) in [7, 11) is -2.89. The van der Waals surface area contributed by atoms with Crippen LogP contribution in [-0.4, -0.2) is 25.8 Å². The van der Waals surface area contributed by atoms with Gasteiger partial charge in [0.1, 0.15) is 9.84 Å². The van der Waals surface area contributed by atoms with Crippen molar-refractivity contribution in [2.75, 3.05) is 16.8 Å². The molecule has 2 fully saturated rings. The van der Waals surface area contributed by atoms with Gasteiger partial charge >= 0.3 is 0 Å². The Labute approximate surface area is 129 Å². The van der Waals surface area contributed by atoms with Crippen LogP contribution in [0.1, 0.15) is 24.8 Å². The zero-order chi connectivity index (χ0) is 15.3. The zero-order valence-corrected chi connectivity index (χ0v) is 13.4. The van der Waals surface area contributed by atoms with Crippen molar-refractivity contribution in [2.45, 2.75) is 26.2 Å². The van der Waals surface area contributed by atoms with Crippen molar-refractivity contribution in [3.63, 3.8) is 0 Å². The minimum Gasteiger partial charge on any atom is -0.325 e. The van der Waals surface area contributed by atoms with Crippen LogP contribution in [0.2, 0.25) is 5.02 Å². The van der Waals surface area contributed by atoms with E-state index in [1.807, 2.05) is 19.1 Å². The lowest BCUT2D eigenvalue weighted by molar-refractivity contribution is -0.118. The molecule has 1 N–H and O–H groups in total. The molecule has 0 aromatic heterocycles. The summed E-state index contributed by atoms with van der Waals surface area (Å²) in [6, 6.07) is 5.51. The van der Waals surface area contributed by atoms with Gasteiger partial charge in [-0.2, -0.15) is 0 Å². The van der Waals surface area contributed by atoms with Gasteiger partial charge in [-0.1, -0.05) is 17.7 Å². The molecule has 1 aliphatic carbocycles. The van der Waals surface area contributed by atoms with E-state index in [9.17, 15) is 13.2 Å². The quantitative estimate of drug-likeness (QED) is 0.908. The topological polar surface area (TPSA) is 63.2 Å². The normalized spacial score (nSPS) is 25.5. The summed E-state index contributed by atoms with van der Waals surface area (Å²) >= 11 is 6.12. The summed E-state index contributed by atoms with van der Waals surface area (Å²) in [5, 5.41) is 3.40. The minimum absolute atomic E-state index is 0.0416. The molecule has 1 aromatic rings. The zero-order valence-electron chi connectivity index (χ0n) is 11.9. The summed E-state index contributed by atoms with van der Waals surface area (Å²) in [5.41, 5.74) is 1.57. The van der Waals surface area contributed by atoms with E-state index in [2.05, 4.69) is 5.32 Å². The molecule has 21 heavy (non-hydrogen) atoms. The second-order valence-corrected chi connectivity index (χ2v) is 8.95. The number of sulfone groups is 1. The predicted octanol–water partition coefficient (Wildman–Crippen LogP) is 2.80. The van der Waals surface area contributed by atoms with Gasteiger partial charge in [0.15, 0.2) is 0 Å². The van der Waals surface area contributed by atoms with Gasteiger partial charge in [0, 0.05) is 5.92 Å². The Morgan fingerprint density at radius 1 is 1.33 bits per heavy atom. The molecular weight excluding hydrogens is 310 g/mol. The maximum absolute atomic E-state index is 12.3. The highest BCUT2D eigenvalue weighted by Gasteiger charge is 2.59. The highest BCUT2D eigenvalue weighted by atomic mass is 35.5. The fourth-order valence-corrected chi connectivity index (χ4v) is 5.08. The monoisotopic (exact) mass is 327 g/mol. The third kappa shape index (κ3) is 2.94. The summed E-state index contributed by atoms with van der Waals surface area (Å²) in [4.78, 5) is 12.3. The second-order valence-electron chi connectivity index (χ2n) is 6.24. The standard InChI is InChI=1S/C15H18ClNO3S/c1-10-2-3-13(12(16)8-10)17-14(18)11-9-15(11)4-6-21(19,20)7-5-15/h2-3,8,11H,4-7,9H2,1H3,(H,17,18)/t11-/m0/s1. The molecule has 114 valence electrons. The first kappa shape index (κ1) is 14.9. The maximum atomic E-state index is 12.3. The van der Waals surface area contributed by atoms with E-state index < -0.39 is 9.84 Å². The van der Waals surface area contributed by atoms with Crippen LogP contribution in [0, 0.1) is 18.3 Å². The van der Waals surface area contributed by atoms with E-state index in [0.29, 0.717) is 23.6 Å². The molecule has 0 bridgehead atoms. The molecule has 2 aliphatic rings. The fourth-order valence-electron chi connectivity index (χ4n) is 3.16. The molecule has 1 aliphatic heterocycles. The number of carbonyl (C=O) groups excluding carboxylic acids is 1. The average Bonchev–Trinajstić information content (AvgIpc) is 3.12. The number of amides is 1. The van der Waals surface area contributed by atoms with Crippen molar-refractivity contribution >= 4 is 33.0 Å². The van der Waals surface area contributed by atoms with Gasteiger partial charge < -0.3 is 5.32 Å². The Morgan fingerprint density at radius 2 is 2.00 bits per heavy atom. The van der Waals surface area contributed by atoms with Crippen LogP contribution in [0.4, 0.5) is 5.69 Å². The van der Waals surface area contributed by atoms with E-state index in [4.69, 9.17) is 11.6 Å². The number of hydrogen-bond acceptors (Lipinski definition) is 3. The molecule has 0 unspecified atom stereocenters. The smallest absolute Gasteiger partial charge is 0.228 e. The number of aryl methyl sites for hydroxylation is 1. The van der Waals surface area contributed by atoms with Gasteiger partial charge in [-0.05, 0) is 49.3 Å². The third-order valence-corrected chi connectivity index (χ3v) is 6.68. The molecular formula is C15H18ClNO3S. The number of anilines is 1. The van der Waals surface area contributed by atoms with E-state index in [0.717, 1.165) is 12.0 Å². The predicted molar refractivity (Wildman–Crippen MR) is 83.2 cm³/mol. The first-order valence-electron chi connectivity index (χ1n) is 7.09.